The van der Waals surface area contributed by atoms with Crippen LogP contribution in [0.3, 0.4) is 0 Å². The molecule has 2 aliphatic heterocycles. The molecule has 10 heteroatoms. The number of amides is 4. The Morgan fingerprint density at radius 1 is 1.21 bits per heavy atom. The third kappa shape index (κ3) is 6.15. The van der Waals surface area contributed by atoms with Gasteiger partial charge in [-0.2, -0.15) is 5.10 Å². The molecule has 0 radical (unpaired) electrons. The lowest BCUT2D eigenvalue weighted by atomic mass is 9.89. The first-order chi connectivity index (χ1) is 16.0. The lowest BCUT2D eigenvalue weighted by Gasteiger charge is -2.34. The maximum absolute atomic E-state index is 13.1. The summed E-state index contributed by atoms with van der Waals surface area (Å²) in [6, 6.07) is 0.607. The second-order valence-corrected chi connectivity index (χ2v) is 10.4. The maximum atomic E-state index is 13.1. The van der Waals surface area contributed by atoms with E-state index in [0.29, 0.717) is 44.5 Å². The quantitative estimate of drug-likeness (QED) is 0.564. The molecule has 1 aromatic rings. The molecule has 3 N–H and O–H groups in total. The summed E-state index contributed by atoms with van der Waals surface area (Å²) in [6.45, 7) is 7.38. The lowest BCUT2D eigenvalue weighted by Crippen LogP contribution is -2.55. The second kappa shape index (κ2) is 10.6. The minimum absolute atomic E-state index is 0.0341. The van der Waals surface area contributed by atoms with Crippen LogP contribution >= 0.6 is 0 Å². The summed E-state index contributed by atoms with van der Waals surface area (Å²) < 4.78 is 1.65. The molecule has 34 heavy (non-hydrogen) atoms. The molecule has 188 valence electrons. The summed E-state index contributed by atoms with van der Waals surface area (Å²) in [5.74, 6) is -0.542. The first-order valence-electron chi connectivity index (χ1n) is 12.1. The first kappa shape index (κ1) is 25.7. The highest BCUT2D eigenvalue weighted by Gasteiger charge is 2.32. The van der Waals surface area contributed by atoms with Crippen LogP contribution in [0.2, 0.25) is 0 Å². The Balaban J connectivity index is 1.57. The van der Waals surface area contributed by atoms with Gasteiger partial charge in [-0.3, -0.25) is 23.9 Å². The van der Waals surface area contributed by atoms with Gasteiger partial charge in [-0.15, -0.1) is 0 Å². The molecule has 2 fully saturated rings. The van der Waals surface area contributed by atoms with Crippen molar-refractivity contribution in [1.82, 2.24) is 30.6 Å². The van der Waals surface area contributed by atoms with E-state index in [-0.39, 0.29) is 35.0 Å². The average Bonchev–Trinajstić information content (AvgIpc) is 3.20. The number of rotatable bonds is 6. The highest BCUT2D eigenvalue weighted by molar-refractivity contribution is 5.93. The van der Waals surface area contributed by atoms with Crippen molar-refractivity contribution in [2.75, 3.05) is 20.1 Å². The van der Waals surface area contributed by atoms with Crippen LogP contribution in [0, 0.1) is 5.92 Å². The Bertz CT molecular complexity index is 926. The predicted octanol–water partition coefficient (Wildman–Crippen LogP) is 0.859. The molecule has 0 spiro atoms. The SMILES string of the molecule is CNC(=O)[C@H](CC1CCN(C(=O)c2cc(C(C)(C)C)nn2C)CC1)NC(=O)[C@@H]1CCCC(=O)N1. The molecule has 0 bridgehead atoms. The van der Waals surface area contributed by atoms with E-state index in [0.717, 1.165) is 18.5 Å². The largest absolute Gasteiger partial charge is 0.357 e. The van der Waals surface area contributed by atoms with E-state index < -0.39 is 12.1 Å². The van der Waals surface area contributed by atoms with E-state index in [9.17, 15) is 19.2 Å². The van der Waals surface area contributed by atoms with Gasteiger partial charge in [-0.1, -0.05) is 20.8 Å². The molecule has 1 aromatic heterocycles. The van der Waals surface area contributed by atoms with Crippen molar-refractivity contribution in [2.24, 2.45) is 13.0 Å². The van der Waals surface area contributed by atoms with Gasteiger partial charge >= 0.3 is 0 Å². The van der Waals surface area contributed by atoms with Crippen molar-refractivity contribution < 1.29 is 19.2 Å². The standard InChI is InChI=1S/C24H38N6O4/c1-24(2,3)19-14-18(29(5)28-19)23(34)30-11-9-15(10-12-30)13-17(21(32)25-4)27-22(33)16-7-6-8-20(31)26-16/h14-17H,6-13H2,1-5H3,(H,25,32)(H,26,31)(H,27,33)/t16-,17-/m0/s1. The summed E-state index contributed by atoms with van der Waals surface area (Å²) in [6.07, 6.45) is 3.65. The van der Waals surface area contributed by atoms with Crippen molar-refractivity contribution in [1.29, 1.82) is 0 Å². The van der Waals surface area contributed by atoms with Gasteiger partial charge in [0.2, 0.25) is 17.7 Å². The van der Waals surface area contributed by atoms with Crippen molar-refractivity contribution in [3.63, 3.8) is 0 Å². The zero-order valence-electron chi connectivity index (χ0n) is 20.9. The molecule has 0 saturated carbocycles. The van der Waals surface area contributed by atoms with Gasteiger partial charge in [-0.25, -0.2) is 0 Å². The summed E-state index contributed by atoms with van der Waals surface area (Å²) in [4.78, 5) is 51.7. The van der Waals surface area contributed by atoms with E-state index in [4.69, 9.17) is 0 Å². The van der Waals surface area contributed by atoms with Gasteiger partial charge in [0, 0.05) is 39.0 Å². The monoisotopic (exact) mass is 474 g/mol. The van der Waals surface area contributed by atoms with Gasteiger partial charge in [0.25, 0.3) is 5.91 Å². The second-order valence-electron chi connectivity index (χ2n) is 10.4. The number of aromatic nitrogens is 2. The molecule has 0 unspecified atom stereocenters. The van der Waals surface area contributed by atoms with E-state index >= 15 is 0 Å². The molecule has 3 heterocycles. The number of hydrogen-bond acceptors (Lipinski definition) is 5. The van der Waals surface area contributed by atoms with Gasteiger partial charge in [0.05, 0.1) is 5.69 Å². The predicted molar refractivity (Wildman–Crippen MR) is 127 cm³/mol. The fourth-order valence-corrected chi connectivity index (χ4v) is 4.58. The fraction of sp³-hybridized carbons (Fsp3) is 0.708. The molecule has 2 saturated heterocycles. The highest BCUT2D eigenvalue weighted by atomic mass is 16.2. The summed E-state index contributed by atoms with van der Waals surface area (Å²) >= 11 is 0. The number of carbonyl (C=O) groups is 4. The summed E-state index contributed by atoms with van der Waals surface area (Å²) in [5.41, 5.74) is 1.32. The average molecular weight is 475 g/mol. The number of nitrogens with one attached hydrogen (secondary N) is 3. The molecule has 3 rings (SSSR count). The molecular formula is C24H38N6O4. The van der Waals surface area contributed by atoms with Gasteiger partial charge in [0.15, 0.2) is 0 Å². The number of hydrogen-bond donors (Lipinski definition) is 3. The molecule has 2 aliphatic rings. The lowest BCUT2D eigenvalue weighted by molar-refractivity contribution is -0.133. The van der Waals surface area contributed by atoms with Crippen LogP contribution in [0.5, 0.6) is 0 Å². The van der Waals surface area contributed by atoms with Crippen molar-refractivity contribution in [3.05, 3.63) is 17.5 Å². The third-order valence-corrected chi connectivity index (χ3v) is 6.77. The zero-order valence-corrected chi connectivity index (χ0v) is 20.9. The van der Waals surface area contributed by atoms with Gasteiger partial charge < -0.3 is 20.9 Å². The molecule has 0 aromatic carbocycles. The van der Waals surface area contributed by atoms with Crippen molar-refractivity contribution >= 4 is 23.6 Å². The van der Waals surface area contributed by atoms with Crippen LogP contribution in [0.25, 0.3) is 0 Å². The normalized spacial score (nSPS) is 20.4. The topological polar surface area (TPSA) is 125 Å². The Morgan fingerprint density at radius 2 is 1.88 bits per heavy atom. The molecular weight excluding hydrogens is 436 g/mol. The number of piperidine rings is 2. The minimum Gasteiger partial charge on any atom is -0.357 e. The number of aryl methyl sites for hydroxylation is 1. The fourth-order valence-electron chi connectivity index (χ4n) is 4.58. The van der Waals surface area contributed by atoms with Crippen LogP contribution in [0.1, 0.15) is 75.5 Å². The number of likely N-dealkylation sites (tertiary alicyclic amines) is 1. The zero-order chi connectivity index (χ0) is 25.0. The third-order valence-electron chi connectivity index (χ3n) is 6.77. The van der Waals surface area contributed by atoms with E-state index in [1.807, 2.05) is 11.0 Å². The molecule has 4 amide bonds. The Kier molecular flexibility index (Phi) is 7.99. The molecule has 0 aliphatic carbocycles. The van der Waals surface area contributed by atoms with Crippen LogP contribution in [-0.4, -0.2) is 70.5 Å². The Hall–Kier alpha value is -2.91. The first-order valence-corrected chi connectivity index (χ1v) is 12.1. The van der Waals surface area contributed by atoms with Gasteiger partial charge in [0.1, 0.15) is 17.8 Å². The number of nitrogens with zero attached hydrogens (tertiary/aromatic N) is 3. The number of carbonyl (C=O) groups excluding carboxylic acids is 4. The molecule has 2 atom stereocenters. The summed E-state index contributed by atoms with van der Waals surface area (Å²) in [5, 5.41) is 12.7. The van der Waals surface area contributed by atoms with Crippen molar-refractivity contribution in [3.8, 4) is 0 Å². The van der Waals surface area contributed by atoms with Crippen molar-refractivity contribution in [2.45, 2.75) is 76.8 Å². The highest BCUT2D eigenvalue weighted by Crippen LogP contribution is 2.26. The smallest absolute Gasteiger partial charge is 0.272 e. The van der Waals surface area contributed by atoms with Gasteiger partial charge in [-0.05, 0) is 44.1 Å². The van der Waals surface area contributed by atoms with Crippen LogP contribution in [-0.2, 0) is 26.8 Å². The minimum atomic E-state index is -0.671. The summed E-state index contributed by atoms with van der Waals surface area (Å²) in [7, 11) is 3.34. The Labute approximate surface area is 201 Å². The van der Waals surface area contributed by atoms with E-state index in [1.165, 1.54) is 0 Å². The van der Waals surface area contributed by atoms with E-state index in [1.54, 1.807) is 18.8 Å². The maximum Gasteiger partial charge on any atom is 0.272 e. The Morgan fingerprint density at radius 3 is 2.44 bits per heavy atom. The van der Waals surface area contributed by atoms with Crippen LogP contribution in [0.15, 0.2) is 6.07 Å². The van der Waals surface area contributed by atoms with E-state index in [2.05, 4.69) is 41.8 Å². The van der Waals surface area contributed by atoms with Crippen LogP contribution in [0.4, 0.5) is 0 Å². The number of likely N-dealkylation sites (N-methyl/N-ethyl adjacent to an activating group) is 1. The van der Waals surface area contributed by atoms with Crippen LogP contribution < -0.4 is 16.0 Å². The molecule has 10 nitrogen and oxygen atoms in total.